The molecule has 8 heteroatoms. The predicted octanol–water partition coefficient (Wildman–Crippen LogP) is 2.96. The van der Waals surface area contributed by atoms with Crippen molar-refractivity contribution in [2.75, 3.05) is 56.3 Å². The Kier molecular flexibility index (Phi) is 5.98. The monoisotopic (exact) mass is 494 g/mol. The number of nitrogens with zero attached hydrogens (tertiary/aromatic N) is 3. The van der Waals surface area contributed by atoms with Gasteiger partial charge in [-0.2, -0.15) is 0 Å². The Labute approximate surface area is 212 Å². The fourth-order valence-electron chi connectivity index (χ4n) is 6.67. The second-order valence-corrected chi connectivity index (χ2v) is 11.7. The largest absolute Gasteiger partial charge is 0.389 e. The van der Waals surface area contributed by atoms with Gasteiger partial charge in [0.15, 0.2) is 0 Å². The Bertz CT molecular complexity index is 1170. The fourth-order valence-corrected chi connectivity index (χ4v) is 6.67. The van der Waals surface area contributed by atoms with Crippen LogP contribution in [0.25, 0.3) is 10.8 Å². The Morgan fingerprint density at radius 2 is 1.97 bits per heavy atom. The summed E-state index contributed by atoms with van der Waals surface area (Å²) in [5, 5.41) is 15.8. The van der Waals surface area contributed by atoms with Crippen LogP contribution in [-0.2, 0) is 14.3 Å². The molecule has 1 amide bonds. The molecule has 2 N–H and O–H groups in total. The first-order chi connectivity index (χ1) is 17.3. The number of benzene rings is 1. The summed E-state index contributed by atoms with van der Waals surface area (Å²) in [5.41, 5.74) is 2.27. The second kappa shape index (κ2) is 8.94. The summed E-state index contributed by atoms with van der Waals surface area (Å²) in [5.74, 6) is 0.792. The first-order valence-electron chi connectivity index (χ1n) is 13.4. The van der Waals surface area contributed by atoms with E-state index in [9.17, 15) is 9.90 Å². The zero-order chi connectivity index (χ0) is 25.1. The molecule has 1 saturated carbocycles. The Hall–Kier alpha value is -2.26. The van der Waals surface area contributed by atoms with E-state index in [1.165, 1.54) is 11.3 Å². The molecule has 6 rings (SSSR count). The molecular formula is C28H38N4O4. The molecule has 1 aromatic heterocycles. The number of carbonyl (C=O) groups excluding carboxylic acids is 1. The third kappa shape index (κ3) is 4.08. The topological polar surface area (TPSA) is 87.2 Å². The highest BCUT2D eigenvalue weighted by atomic mass is 16.5. The summed E-state index contributed by atoms with van der Waals surface area (Å²) in [7, 11) is 0. The SMILES string of the molecule is Cc1cc2cnc(NC(=O)[C@@H]3CC34CCOCC4)cc2cc1N1CCN([C@@]2(C)COC[C@H]2O)C[C@@H]1C. The third-order valence-corrected chi connectivity index (χ3v) is 9.33. The highest BCUT2D eigenvalue weighted by Crippen LogP contribution is 2.59. The number of aliphatic hydroxyl groups is 1. The van der Waals surface area contributed by atoms with Gasteiger partial charge in [-0.15, -0.1) is 0 Å². The van der Waals surface area contributed by atoms with E-state index < -0.39 is 6.10 Å². The smallest absolute Gasteiger partial charge is 0.229 e. The lowest BCUT2D eigenvalue weighted by Crippen LogP contribution is -2.63. The number of rotatable bonds is 4. The summed E-state index contributed by atoms with van der Waals surface area (Å²) >= 11 is 0. The van der Waals surface area contributed by atoms with Crippen molar-refractivity contribution in [3.63, 3.8) is 0 Å². The highest BCUT2D eigenvalue weighted by molar-refractivity contribution is 5.97. The lowest BCUT2D eigenvalue weighted by atomic mass is 9.93. The highest BCUT2D eigenvalue weighted by Gasteiger charge is 2.58. The van der Waals surface area contributed by atoms with Crippen molar-refractivity contribution in [3.8, 4) is 0 Å². The van der Waals surface area contributed by atoms with Crippen LogP contribution in [0, 0.1) is 18.3 Å². The molecular weight excluding hydrogens is 456 g/mol. The lowest BCUT2D eigenvalue weighted by molar-refractivity contribution is -0.118. The van der Waals surface area contributed by atoms with E-state index in [1.807, 2.05) is 12.3 Å². The standard InChI is InChI=1S/C28H38N4O4/c1-18-10-21-14-29-25(30-26(34)22-13-28(22)4-8-35-9-5-28)12-20(21)11-23(18)32-7-6-31(15-19(32)2)27(3)17-36-16-24(27)33/h10-12,14,19,22,24,33H,4-9,13,15-17H2,1-3H3,(H,29,30,34)/t19-,22-,24+,27-/m0/s1. The van der Waals surface area contributed by atoms with Gasteiger partial charge < -0.3 is 24.8 Å². The molecule has 3 saturated heterocycles. The number of ether oxygens (including phenoxy) is 2. The number of nitrogens with one attached hydrogen (secondary N) is 1. The average Bonchev–Trinajstić information content (AvgIpc) is 3.44. The second-order valence-electron chi connectivity index (χ2n) is 11.7. The van der Waals surface area contributed by atoms with Crippen LogP contribution >= 0.6 is 0 Å². The minimum atomic E-state index is -0.447. The lowest BCUT2D eigenvalue weighted by Gasteiger charge is -2.48. The molecule has 2 aromatic rings. The van der Waals surface area contributed by atoms with Crippen LogP contribution in [0.1, 0.15) is 38.7 Å². The molecule has 8 nitrogen and oxygen atoms in total. The average molecular weight is 495 g/mol. The summed E-state index contributed by atoms with van der Waals surface area (Å²) in [6.45, 7) is 11.7. The van der Waals surface area contributed by atoms with E-state index in [4.69, 9.17) is 9.47 Å². The van der Waals surface area contributed by atoms with Crippen LogP contribution in [0.15, 0.2) is 24.4 Å². The van der Waals surface area contributed by atoms with Crippen molar-refractivity contribution >= 4 is 28.2 Å². The van der Waals surface area contributed by atoms with Crippen molar-refractivity contribution in [2.24, 2.45) is 11.3 Å². The molecule has 4 fully saturated rings. The van der Waals surface area contributed by atoms with Crippen molar-refractivity contribution in [3.05, 3.63) is 30.0 Å². The molecule has 36 heavy (non-hydrogen) atoms. The molecule has 0 radical (unpaired) electrons. The quantitative estimate of drug-likeness (QED) is 0.676. The number of aliphatic hydroxyl groups excluding tert-OH is 1. The summed E-state index contributed by atoms with van der Waals surface area (Å²) in [4.78, 5) is 22.4. The number of hydrogen-bond acceptors (Lipinski definition) is 7. The van der Waals surface area contributed by atoms with Crippen molar-refractivity contribution in [1.29, 1.82) is 0 Å². The number of amides is 1. The van der Waals surface area contributed by atoms with Crippen LogP contribution in [0.3, 0.4) is 0 Å². The molecule has 1 spiro atoms. The molecule has 1 aromatic carbocycles. The molecule has 0 bridgehead atoms. The fraction of sp³-hybridized carbons (Fsp3) is 0.643. The van der Waals surface area contributed by atoms with Crippen LogP contribution in [0.2, 0.25) is 0 Å². The van der Waals surface area contributed by atoms with Crippen molar-refractivity contribution in [2.45, 2.75) is 57.7 Å². The van der Waals surface area contributed by atoms with Gasteiger partial charge in [0.05, 0.1) is 24.9 Å². The van der Waals surface area contributed by atoms with E-state index in [-0.39, 0.29) is 22.8 Å². The van der Waals surface area contributed by atoms with E-state index >= 15 is 0 Å². The maximum Gasteiger partial charge on any atom is 0.229 e. The third-order valence-electron chi connectivity index (χ3n) is 9.33. The summed E-state index contributed by atoms with van der Waals surface area (Å²) in [6.07, 6.45) is 4.34. The van der Waals surface area contributed by atoms with Gasteiger partial charge in [0.25, 0.3) is 0 Å². The van der Waals surface area contributed by atoms with Gasteiger partial charge in [0.2, 0.25) is 5.91 Å². The number of piperazine rings is 1. The van der Waals surface area contributed by atoms with Gasteiger partial charge in [-0.3, -0.25) is 9.69 Å². The maximum absolute atomic E-state index is 13.0. The van der Waals surface area contributed by atoms with Gasteiger partial charge in [0, 0.05) is 62.1 Å². The zero-order valence-corrected chi connectivity index (χ0v) is 21.6. The predicted molar refractivity (Wildman–Crippen MR) is 139 cm³/mol. The van der Waals surface area contributed by atoms with Crippen LogP contribution in [-0.4, -0.2) is 84.6 Å². The van der Waals surface area contributed by atoms with Crippen LogP contribution in [0.4, 0.5) is 11.5 Å². The number of aryl methyl sites for hydroxylation is 1. The molecule has 3 aliphatic heterocycles. The number of hydrogen-bond donors (Lipinski definition) is 2. The Balaban J connectivity index is 1.18. The normalized spacial score (nSPS) is 32.2. The first kappa shape index (κ1) is 24.1. The number of fused-ring (bicyclic) bond motifs is 1. The number of anilines is 2. The molecule has 1 aliphatic carbocycles. The molecule has 4 heterocycles. The van der Waals surface area contributed by atoms with Gasteiger partial charge in [-0.25, -0.2) is 4.98 Å². The van der Waals surface area contributed by atoms with E-state index in [1.54, 1.807) is 0 Å². The molecule has 0 unspecified atom stereocenters. The van der Waals surface area contributed by atoms with Gasteiger partial charge in [0.1, 0.15) is 5.82 Å². The van der Waals surface area contributed by atoms with Gasteiger partial charge >= 0.3 is 0 Å². The van der Waals surface area contributed by atoms with Crippen LogP contribution < -0.4 is 10.2 Å². The number of carbonyl (C=O) groups is 1. The number of aromatic nitrogens is 1. The van der Waals surface area contributed by atoms with E-state index in [2.05, 4.69) is 53.0 Å². The summed E-state index contributed by atoms with van der Waals surface area (Å²) < 4.78 is 11.1. The minimum Gasteiger partial charge on any atom is -0.389 e. The summed E-state index contributed by atoms with van der Waals surface area (Å²) in [6, 6.07) is 6.73. The first-order valence-corrected chi connectivity index (χ1v) is 13.4. The van der Waals surface area contributed by atoms with E-state index in [0.29, 0.717) is 25.1 Å². The molecule has 4 aliphatic rings. The van der Waals surface area contributed by atoms with Crippen molar-refractivity contribution < 1.29 is 19.4 Å². The van der Waals surface area contributed by atoms with Gasteiger partial charge in [-0.1, -0.05) is 0 Å². The van der Waals surface area contributed by atoms with E-state index in [0.717, 1.165) is 62.9 Å². The molecule has 194 valence electrons. The van der Waals surface area contributed by atoms with Crippen molar-refractivity contribution in [1.82, 2.24) is 9.88 Å². The van der Waals surface area contributed by atoms with Gasteiger partial charge in [-0.05, 0) is 74.6 Å². The zero-order valence-electron chi connectivity index (χ0n) is 21.6. The van der Waals surface area contributed by atoms with Crippen LogP contribution in [0.5, 0.6) is 0 Å². The Morgan fingerprint density at radius 1 is 1.17 bits per heavy atom. The Morgan fingerprint density at radius 3 is 2.69 bits per heavy atom. The number of pyridine rings is 1. The minimum absolute atomic E-state index is 0.0789. The maximum atomic E-state index is 13.0. The molecule has 4 atom stereocenters.